The first kappa shape index (κ1) is 12.1. The summed E-state index contributed by atoms with van der Waals surface area (Å²) in [5, 5.41) is 0. The van der Waals surface area contributed by atoms with Crippen molar-refractivity contribution in [2.75, 3.05) is 5.75 Å². The van der Waals surface area contributed by atoms with E-state index in [2.05, 4.69) is 6.92 Å². The molecule has 0 atom stereocenters. The molecule has 0 unspecified atom stereocenters. The van der Waals surface area contributed by atoms with Gasteiger partial charge in [-0.05, 0) is 36.4 Å². The molecule has 1 aromatic carbocycles. The lowest BCUT2D eigenvalue weighted by Gasteiger charge is -2.04. The fraction of sp³-hybridized carbons (Fsp3) is 0.417. The summed E-state index contributed by atoms with van der Waals surface area (Å²) >= 11 is 1.77. The number of ether oxygens (including phenoxy) is 1. The number of benzene rings is 1. The highest BCUT2D eigenvalue weighted by molar-refractivity contribution is 7.99. The SMILES string of the molecule is CCCC(=O)Oc1ccc(SCC)cc1. The van der Waals surface area contributed by atoms with Gasteiger partial charge in [-0.25, -0.2) is 0 Å². The summed E-state index contributed by atoms with van der Waals surface area (Å²) in [6, 6.07) is 7.63. The molecule has 0 aromatic heterocycles. The summed E-state index contributed by atoms with van der Waals surface area (Å²) in [5.41, 5.74) is 0. The van der Waals surface area contributed by atoms with Crippen molar-refractivity contribution in [1.82, 2.24) is 0 Å². The van der Waals surface area contributed by atoms with Crippen molar-refractivity contribution in [3.05, 3.63) is 24.3 Å². The summed E-state index contributed by atoms with van der Waals surface area (Å²) in [7, 11) is 0. The molecule has 0 fully saturated rings. The van der Waals surface area contributed by atoms with E-state index in [0.29, 0.717) is 12.2 Å². The molecule has 0 spiro atoms. The van der Waals surface area contributed by atoms with Gasteiger partial charge in [0.15, 0.2) is 0 Å². The molecule has 1 rings (SSSR count). The van der Waals surface area contributed by atoms with E-state index < -0.39 is 0 Å². The normalized spacial score (nSPS) is 10.0. The Morgan fingerprint density at radius 1 is 1.27 bits per heavy atom. The van der Waals surface area contributed by atoms with Gasteiger partial charge in [0, 0.05) is 11.3 Å². The monoisotopic (exact) mass is 224 g/mol. The van der Waals surface area contributed by atoms with Crippen LogP contribution < -0.4 is 4.74 Å². The second-order valence-electron chi connectivity index (χ2n) is 3.13. The van der Waals surface area contributed by atoms with Gasteiger partial charge in [0.2, 0.25) is 0 Å². The highest BCUT2D eigenvalue weighted by Gasteiger charge is 2.02. The van der Waals surface area contributed by atoms with Crippen molar-refractivity contribution in [2.24, 2.45) is 0 Å². The lowest BCUT2D eigenvalue weighted by atomic mass is 10.3. The van der Waals surface area contributed by atoms with Crippen LogP contribution in [0.4, 0.5) is 0 Å². The largest absolute Gasteiger partial charge is 0.427 e. The van der Waals surface area contributed by atoms with Crippen LogP contribution in [0.5, 0.6) is 5.75 Å². The van der Waals surface area contributed by atoms with E-state index in [-0.39, 0.29) is 5.97 Å². The maximum Gasteiger partial charge on any atom is 0.311 e. The molecule has 0 bridgehead atoms. The van der Waals surface area contributed by atoms with Crippen molar-refractivity contribution in [3.63, 3.8) is 0 Å². The molecule has 0 aliphatic carbocycles. The van der Waals surface area contributed by atoms with Gasteiger partial charge >= 0.3 is 5.97 Å². The molecule has 0 N–H and O–H groups in total. The van der Waals surface area contributed by atoms with E-state index >= 15 is 0 Å². The predicted molar refractivity (Wildman–Crippen MR) is 63.4 cm³/mol. The van der Waals surface area contributed by atoms with E-state index in [0.717, 1.165) is 12.2 Å². The highest BCUT2D eigenvalue weighted by Crippen LogP contribution is 2.21. The van der Waals surface area contributed by atoms with Crippen LogP contribution >= 0.6 is 11.8 Å². The maximum absolute atomic E-state index is 11.2. The highest BCUT2D eigenvalue weighted by atomic mass is 32.2. The molecule has 0 radical (unpaired) electrons. The average molecular weight is 224 g/mol. The van der Waals surface area contributed by atoms with E-state index in [1.54, 1.807) is 11.8 Å². The van der Waals surface area contributed by atoms with Gasteiger partial charge in [0.05, 0.1) is 0 Å². The van der Waals surface area contributed by atoms with Crippen LogP contribution in [0.1, 0.15) is 26.7 Å². The summed E-state index contributed by atoms with van der Waals surface area (Å²) < 4.78 is 5.14. The summed E-state index contributed by atoms with van der Waals surface area (Å²) in [5.74, 6) is 1.52. The molecular formula is C12H16O2S. The molecule has 82 valence electrons. The Morgan fingerprint density at radius 2 is 1.93 bits per heavy atom. The number of rotatable bonds is 5. The number of carbonyl (C=O) groups excluding carboxylic acids is 1. The minimum Gasteiger partial charge on any atom is -0.427 e. The Kier molecular flexibility index (Phi) is 5.26. The predicted octanol–water partition coefficient (Wildman–Crippen LogP) is 3.50. The fourth-order valence-electron chi connectivity index (χ4n) is 1.16. The third-order valence-corrected chi connectivity index (χ3v) is 2.71. The number of carbonyl (C=O) groups is 1. The summed E-state index contributed by atoms with van der Waals surface area (Å²) in [4.78, 5) is 12.4. The first-order valence-corrected chi connectivity index (χ1v) is 6.18. The number of thioether (sulfide) groups is 1. The molecule has 0 aliphatic rings. The van der Waals surface area contributed by atoms with Crippen LogP contribution in [0.2, 0.25) is 0 Å². The van der Waals surface area contributed by atoms with Crippen LogP contribution in [-0.2, 0) is 4.79 Å². The van der Waals surface area contributed by atoms with Crippen molar-refractivity contribution in [3.8, 4) is 5.75 Å². The Bertz CT molecular complexity index is 306. The summed E-state index contributed by atoms with van der Waals surface area (Å²) in [6.07, 6.45) is 1.30. The van der Waals surface area contributed by atoms with Crippen molar-refractivity contribution < 1.29 is 9.53 Å². The molecule has 0 saturated heterocycles. The molecule has 15 heavy (non-hydrogen) atoms. The summed E-state index contributed by atoms with van der Waals surface area (Å²) in [6.45, 7) is 4.07. The van der Waals surface area contributed by atoms with Gasteiger partial charge < -0.3 is 4.74 Å². The number of hydrogen-bond donors (Lipinski definition) is 0. The standard InChI is InChI=1S/C12H16O2S/c1-3-5-12(13)14-10-6-8-11(9-7-10)15-4-2/h6-9H,3-5H2,1-2H3. The molecule has 1 aromatic rings. The first-order chi connectivity index (χ1) is 7.26. The molecule has 3 heteroatoms. The second kappa shape index (κ2) is 6.51. The van der Waals surface area contributed by atoms with Crippen LogP contribution in [-0.4, -0.2) is 11.7 Å². The Balaban J connectivity index is 2.52. The number of esters is 1. The second-order valence-corrected chi connectivity index (χ2v) is 4.47. The van der Waals surface area contributed by atoms with E-state index in [1.807, 2.05) is 31.2 Å². The zero-order chi connectivity index (χ0) is 11.1. The van der Waals surface area contributed by atoms with Crippen LogP contribution in [0.3, 0.4) is 0 Å². The maximum atomic E-state index is 11.2. The van der Waals surface area contributed by atoms with E-state index in [1.165, 1.54) is 4.90 Å². The smallest absolute Gasteiger partial charge is 0.311 e. The van der Waals surface area contributed by atoms with Gasteiger partial charge in [-0.2, -0.15) is 0 Å². The van der Waals surface area contributed by atoms with Crippen molar-refractivity contribution in [1.29, 1.82) is 0 Å². The lowest BCUT2D eigenvalue weighted by Crippen LogP contribution is -2.06. The minimum absolute atomic E-state index is 0.159. The van der Waals surface area contributed by atoms with Gasteiger partial charge in [0.25, 0.3) is 0 Å². The topological polar surface area (TPSA) is 26.3 Å². The molecular weight excluding hydrogens is 208 g/mol. The third-order valence-electron chi connectivity index (χ3n) is 1.82. The Morgan fingerprint density at radius 3 is 2.47 bits per heavy atom. The van der Waals surface area contributed by atoms with Gasteiger partial charge in [-0.15, -0.1) is 11.8 Å². The first-order valence-electron chi connectivity index (χ1n) is 5.19. The molecule has 2 nitrogen and oxygen atoms in total. The minimum atomic E-state index is -0.159. The molecule has 0 aliphatic heterocycles. The average Bonchev–Trinajstić information content (AvgIpc) is 2.22. The molecule has 0 heterocycles. The molecule has 0 amide bonds. The van der Waals surface area contributed by atoms with E-state index in [4.69, 9.17) is 4.74 Å². The Labute approximate surface area is 95.0 Å². The lowest BCUT2D eigenvalue weighted by molar-refractivity contribution is -0.134. The van der Waals surface area contributed by atoms with E-state index in [9.17, 15) is 4.79 Å². The Hall–Kier alpha value is -0.960. The van der Waals surface area contributed by atoms with Crippen molar-refractivity contribution >= 4 is 17.7 Å². The zero-order valence-electron chi connectivity index (χ0n) is 9.16. The van der Waals surface area contributed by atoms with Crippen molar-refractivity contribution in [2.45, 2.75) is 31.6 Å². The van der Waals surface area contributed by atoms with Crippen LogP contribution in [0.25, 0.3) is 0 Å². The molecule has 0 saturated carbocycles. The zero-order valence-corrected chi connectivity index (χ0v) is 9.97. The van der Waals surface area contributed by atoms with Gasteiger partial charge in [-0.3, -0.25) is 4.79 Å². The fourth-order valence-corrected chi connectivity index (χ4v) is 1.82. The van der Waals surface area contributed by atoms with Crippen LogP contribution in [0.15, 0.2) is 29.2 Å². The van der Waals surface area contributed by atoms with Crippen LogP contribution in [0, 0.1) is 0 Å². The number of hydrogen-bond acceptors (Lipinski definition) is 3. The van der Waals surface area contributed by atoms with Gasteiger partial charge in [-0.1, -0.05) is 13.8 Å². The quantitative estimate of drug-likeness (QED) is 0.435. The van der Waals surface area contributed by atoms with Gasteiger partial charge in [0.1, 0.15) is 5.75 Å². The third kappa shape index (κ3) is 4.38.